The number of amides is 1. The third kappa shape index (κ3) is 5.39. The Morgan fingerprint density at radius 1 is 1.43 bits per heavy atom. The number of aliphatic carboxylic acids is 1. The van der Waals surface area contributed by atoms with Gasteiger partial charge in [0.1, 0.15) is 0 Å². The molecule has 1 aromatic carbocycles. The van der Waals surface area contributed by atoms with Gasteiger partial charge in [0.25, 0.3) is 5.91 Å². The Bertz CT molecular complexity index is 537. The maximum absolute atomic E-state index is 12.2. The summed E-state index contributed by atoms with van der Waals surface area (Å²) in [6.45, 7) is 4.90. The van der Waals surface area contributed by atoms with E-state index in [2.05, 4.69) is 5.32 Å². The van der Waals surface area contributed by atoms with Crippen LogP contribution in [-0.4, -0.2) is 37.2 Å². The average Bonchev–Trinajstić information content (AvgIpc) is 2.44. The molecule has 1 amide bonds. The van der Waals surface area contributed by atoms with Crippen LogP contribution in [-0.2, 0) is 9.53 Å². The summed E-state index contributed by atoms with van der Waals surface area (Å²) in [5.41, 5.74) is 2.02. The molecule has 1 aromatic rings. The van der Waals surface area contributed by atoms with Crippen molar-refractivity contribution >= 4 is 18.0 Å². The van der Waals surface area contributed by atoms with E-state index in [0.717, 1.165) is 17.2 Å². The van der Waals surface area contributed by atoms with E-state index in [1.54, 1.807) is 32.2 Å². The van der Waals surface area contributed by atoms with E-state index in [4.69, 9.17) is 9.84 Å². The molecule has 5 nitrogen and oxygen atoms in total. The highest BCUT2D eigenvalue weighted by Crippen LogP contribution is 2.15. The summed E-state index contributed by atoms with van der Waals surface area (Å²) in [6, 6.07) is 5.24. The quantitative estimate of drug-likeness (QED) is 0.754. The molecule has 1 atom stereocenters. The van der Waals surface area contributed by atoms with Crippen molar-refractivity contribution in [2.45, 2.75) is 13.8 Å². The molecule has 0 bridgehead atoms. The fourth-order valence-electron chi connectivity index (χ4n) is 1.95. The Kier molecular flexibility index (Phi) is 6.62. The summed E-state index contributed by atoms with van der Waals surface area (Å²) in [7, 11) is 1.63. The van der Waals surface area contributed by atoms with Crippen molar-refractivity contribution in [3.05, 3.63) is 41.0 Å². The van der Waals surface area contributed by atoms with Crippen molar-refractivity contribution in [2.75, 3.05) is 20.3 Å². The van der Waals surface area contributed by atoms with Gasteiger partial charge in [0.05, 0.1) is 6.61 Å². The molecule has 21 heavy (non-hydrogen) atoms. The molecule has 0 saturated carbocycles. The van der Waals surface area contributed by atoms with E-state index >= 15 is 0 Å². The first-order valence-electron chi connectivity index (χ1n) is 6.73. The zero-order valence-electron chi connectivity index (χ0n) is 12.6. The number of benzene rings is 1. The number of hydrogen-bond acceptors (Lipinski definition) is 3. The van der Waals surface area contributed by atoms with Crippen molar-refractivity contribution < 1.29 is 19.4 Å². The monoisotopic (exact) mass is 291 g/mol. The van der Waals surface area contributed by atoms with Crippen molar-refractivity contribution in [1.29, 1.82) is 0 Å². The SMILES string of the molecule is COCC(C)CNC(=O)c1cccc(C=CC(=O)O)c1C. The van der Waals surface area contributed by atoms with E-state index in [9.17, 15) is 9.59 Å². The predicted molar refractivity (Wildman–Crippen MR) is 81.2 cm³/mol. The second-order valence-electron chi connectivity index (χ2n) is 4.96. The molecule has 0 aliphatic carbocycles. The normalized spacial score (nSPS) is 12.3. The van der Waals surface area contributed by atoms with Crippen LogP contribution in [0.1, 0.15) is 28.4 Å². The van der Waals surface area contributed by atoms with Crippen LogP contribution < -0.4 is 5.32 Å². The maximum Gasteiger partial charge on any atom is 0.328 e. The number of carboxylic acid groups (broad SMARTS) is 1. The van der Waals surface area contributed by atoms with E-state index in [-0.39, 0.29) is 11.8 Å². The molecule has 2 N–H and O–H groups in total. The molecule has 114 valence electrons. The number of rotatable bonds is 7. The Morgan fingerprint density at radius 2 is 2.14 bits per heavy atom. The smallest absolute Gasteiger partial charge is 0.328 e. The molecule has 0 aromatic heterocycles. The topological polar surface area (TPSA) is 75.6 Å². The van der Waals surface area contributed by atoms with Crippen molar-refractivity contribution in [2.24, 2.45) is 5.92 Å². The summed E-state index contributed by atoms with van der Waals surface area (Å²) < 4.78 is 5.02. The zero-order chi connectivity index (χ0) is 15.8. The molecular weight excluding hydrogens is 270 g/mol. The first-order valence-corrected chi connectivity index (χ1v) is 6.73. The predicted octanol–water partition coefficient (Wildman–Crippen LogP) is 2.11. The van der Waals surface area contributed by atoms with Gasteiger partial charge in [-0.2, -0.15) is 0 Å². The van der Waals surface area contributed by atoms with Crippen LogP contribution in [0, 0.1) is 12.8 Å². The molecule has 0 heterocycles. The van der Waals surface area contributed by atoms with Gasteiger partial charge >= 0.3 is 5.97 Å². The zero-order valence-corrected chi connectivity index (χ0v) is 12.6. The highest BCUT2D eigenvalue weighted by atomic mass is 16.5. The number of carbonyl (C=O) groups is 2. The molecule has 0 aliphatic heterocycles. The summed E-state index contributed by atoms with van der Waals surface area (Å²) in [5, 5.41) is 11.5. The summed E-state index contributed by atoms with van der Waals surface area (Å²) in [4.78, 5) is 22.7. The molecule has 1 rings (SSSR count). The standard InChI is InChI=1S/C16H21NO4/c1-11(10-21-3)9-17-16(20)14-6-4-5-13(12(14)2)7-8-15(18)19/h4-8,11H,9-10H2,1-3H3,(H,17,20)(H,18,19). The third-order valence-electron chi connectivity index (χ3n) is 3.09. The van der Waals surface area contributed by atoms with Crippen LogP contribution in [0.3, 0.4) is 0 Å². The fraction of sp³-hybridized carbons (Fsp3) is 0.375. The van der Waals surface area contributed by atoms with Crippen LogP contribution in [0.4, 0.5) is 0 Å². The van der Waals surface area contributed by atoms with Gasteiger partial charge in [0, 0.05) is 25.3 Å². The number of carbonyl (C=O) groups excluding carboxylic acids is 1. The third-order valence-corrected chi connectivity index (χ3v) is 3.09. The van der Waals surface area contributed by atoms with Crippen molar-refractivity contribution in [1.82, 2.24) is 5.32 Å². The van der Waals surface area contributed by atoms with Gasteiger partial charge in [-0.3, -0.25) is 4.79 Å². The summed E-state index contributed by atoms with van der Waals surface area (Å²) >= 11 is 0. The van der Waals surface area contributed by atoms with Gasteiger partial charge < -0.3 is 15.2 Å². The van der Waals surface area contributed by atoms with Gasteiger partial charge in [-0.25, -0.2) is 4.79 Å². The molecule has 5 heteroatoms. The minimum atomic E-state index is -1.02. The van der Waals surface area contributed by atoms with Gasteiger partial charge in [0.15, 0.2) is 0 Å². The Hall–Kier alpha value is -2.14. The lowest BCUT2D eigenvalue weighted by molar-refractivity contribution is -0.131. The molecule has 1 unspecified atom stereocenters. The first kappa shape index (κ1) is 16.9. The van der Waals surface area contributed by atoms with E-state index in [0.29, 0.717) is 18.7 Å². The number of carboxylic acids is 1. The van der Waals surface area contributed by atoms with E-state index < -0.39 is 5.97 Å². The summed E-state index contributed by atoms with van der Waals surface area (Å²) in [5.74, 6) is -0.951. The van der Waals surface area contributed by atoms with Gasteiger partial charge in [-0.15, -0.1) is 0 Å². The summed E-state index contributed by atoms with van der Waals surface area (Å²) in [6.07, 6.45) is 2.55. The Balaban J connectivity index is 2.81. The minimum absolute atomic E-state index is 0.166. The van der Waals surface area contributed by atoms with Crippen LogP contribution in [0.2, 0.25) is 0 Å². The van der Waals surface area contributed by atoms with E-state index in [1.165, 1.54) is 6.08 Å². The average molecular weight is 291 g/mol. The largest absolute Gasteiger partial charge is 0.478 e. The maximum atomic E-state index is 12.2. The van der Waals surface area contributed by atoms with E-state index in [1.807, 2.05) is 6.92 Å². The fourth-order valence-corrected chi connectivity index (χ4v) is 1.95. The lowest BCUT2D eigenvalue weighted by Gasteiger charge is -2.13. The Labute approximate surface area is 124 Å². The van der Waals surface area contributed by atoms with Gasteiger partial charge in [0.2, 0.25) is 0 Å². The second-order valence-corrected chi connectivity index (χ2v) is 4.96. The lowest BCUT2D eigenvalue weighted by atomic mass is 10.0. The molecular formula is C16H21NO4. The van der Waals surface area contributed by atoms with Crippen molar-refractivity contribution in [3.8, 4) is 0 Å². The molecule has 0 fully saturated rings. The van der Waals surface area contributed by atoms with Gasteiger partial charge in [-0.1, -0.05) is 19.1 Å². The second kappa shape index (κ2) is 8.21. The first-order chi connectivity index (χ1) is 9.95. The van der Waals surface area contributed by atoms with Crippen LogP contribution in [0.15, 0.2) is 24.3 Å². The van der Waals surface area contributed by atoms with Gasteiger partial charge in [-0.05, 0) is 36.1 Å². The van der Waals surface area contributed by atoms with Crippen LogP contribution in [0.5, 0.6) is 0 Å². The number of nitrogens with one attached hydrogen (secondary N) is 1. The van der Waals surface area contributed by atoms with Crippen LogP contribution in [0.25, 0.3) is 6.08 Å². The van der Waals surface area contributed by atoms with Crippen molar-refractivity contribution in [3.63, 3.8) is 0 Å². The highest BCUT2D eigenvalue weighted by Gasteiger charge is 2.11. The molecule has 0 radical (unpaired) electrons. The molecule has 0 aliphatic rings. The van der Waals surface area contributed by atoms with Crippen LogP contribution >= 0.6 is 0 Å². The number of methoxy groups -OCH3 is 1. The molecule has 0 spiro atoms. The number of hydrogen-bond donors (Lipinski definition) is 2. The Morgan fingerprint density at radius 3 is 2.76 bits per heavy atom. The molecule has 0 saturated heterocycles. The number of ether oxygens (including phenoxy) is 1. The minimum Gasteiger partial charge on any atom is -0.478 e. The highest BCUT2D eigenvalue weighted by molar-refractivity contribution is 5.97. The lowest BCUT2D eigenvalue weighted by Crippen LogP contribution is -2.30.